The minimum absolute atomic E-state index is 0.0301. The zero-order valence-corrected chi connectivity index (χ0v) is 4.29. The largest absolute Gasteiger partial charge is 0.384 e. The number of nitrogens with one attached hydrogen (secondary N) is 1. The summed E-state index contributed by atoms with van der Waals surface area (Å²) >= 11 is 0.999. The number of nitrogens with two attached hydrogens (primary N) is 1. The van der Waals surface area contributed by atoms with Gasteiger partial charge in [0.2, 0.25) is 0 Å². The van der Waals surface area contributed by atoms with E-state index in [0.717, 1.165) is 11.5 Å². The number of hydrogen-bond acceptors (Lipinski definition) is 3. The van der Waals surface area contributed by atoms with Gasteiger partial charge in [-0.1, -0.05) is 0 Å². The Morgan fingerprint density at radius 1 is 1.86 bits per heavy atom. The van der Waals surface area contributed by atoms with Gasteiger partial charge in [0.25, 0.3) is 4.74 Å². The van der Waals surface area contributed by atoms with Gasteiger partial charge in [0, 0.05) is 6.07 Å². The van der Waals surface area contributed by atoms with Crippen LogP contribution in [0.1, 0.15) is 0 Å². The van der Waals surface area contributed by atoms with Gasteiger partial charge < -0.3 is 5.73 Å². The molecule has 1 aromatic rings. The summed E-state index contributed by atoms with van der Waals surface area (Å²) in [5, 5.41) is 0. The fourth-order valence-electron chi connectivity index (χ4n) is 0.295. The number of rotatable bonds is 0. The third-order valence-corrected chi connectivity index (χ3v) is 1.20. The zero-order valence-electron chi connectivity index (χ0n) is 3.47. The lowest BCUT2D eigenvalue weighted by Gasteiger charge is -1.70. The molecule has 0 fully saturated rings. The summed E-state index contributed by atoms with van der Waals surface area (Å²) < 4.78 is 2.55. The van der Waals surface area contributed by atoms with Crippen LogP contribution in [0.15, 0.2) is 10.9 Å². The molecule has 4 heteroatoms. The van der Waals surface area contributed by atoms with E-state index in [1.807, 2.05) is 0 Å². The zero-order chi connectivity index (χ0) is 5.28. The number of anilines is 1. The summed E-state index contributed by atoms with van der Waals surface area (Å²) in [6.07, 6.45) is 0. The minimum Gasteiger partial charge on any atom is -0.384 e. The average Bonchev–Trinajstić information content (AvgIpc) is 1.87. The first kappa shape index (κ1) is 4.39. The van der Waals surface area contributed by atoms with Crippen LogP contribution in [0, 0.1) is 0 Å². The SMILES string of the molecule is Nc1cc(=O)s[nH]1. The molecule has 1 rings (SSSR count). The van der Waals surface area contributed by atoms with Gasteiger partial charge in [0.1, 0.15) is 5.82 Å². The number of aromatic amines is 1. The van der Waals surface area contributed by atoms with Crippen LogP contribution in [0.25, 0.3) is 0 Å². The fraction of sp³-hybridized carbons (Fsp3) is 0. The van der Waals surface area contributed by atoms with Crippen LogP contribution in [-0.4, -0.2) is 4.37 Å². The molecule has 0 saturated heterocycles. The van der Waals surface area contributed by atoms with Gasteiger partial charge in [-0.05, 0) is 11.5 Å². The monoisotopic (exact) mass is 116 g/mol. The van der Waals surface area contributed by atoms with Crippen LogP contribution >= 0.6 is 11.5 Å². The highest BCUT2D eigenvalue weighted by molar-refractivity contribution is 7.03. The van der Waals surface area contributed by atoms with Gasteiger partial charge in [0.15, 0.2) is 0 Å². The first-order valence-electron chi connectivity index (χ1n) is 1.73. The van der Waals surface area contributed by atoms with Crippen LogP contribution in [0.4, 0.5) is 5.82 Å². The average molecular weight is 116 g/mol. The molecule has 7 heavy (non-hydrogen) atoms. The second kappa shape index (κ2) is 1.38. The van der Waals surface area contributed by atoms with E-state index in [4.69, 9.17) is 5.73 Å². The van der Waals surface area contributed by atoms with Gasteiger partial charge >= 0.3 is 0 Å². The van der Waals surface area contributed by atoms with E-state index in [1.165, 1.54) is 6.07 Å². The highest BCUT2D eigenvalue weighted by atomic mass is 32.1. The van der Waals surface area contributed by atoms with Gasteiger partial charge in [-0.15, -0.1) is 0 Å². The molecule has 0 unspecified atom stereocenters. The Bertz CT molecular complexity index is 201. The molecule has 0 amide bonds. The maximum absolute atomic E-state index is 10.2. The maximum Gasteiger partial charge on any atom is 0.251 e. The molecule has 0 aliphatic rings. The van der Waals surface area contributed by atoms with E-state index < -0.39 is 0 Å². The Balaban J connectivity index is 3.30. The van der Waals surface area contributed by atoms with E-state index in [-0.39, 0.29) is 4.74 Å². The van der Waals surface area contributed by atoms with Gasteiger partial charge in [-0.25, -0.2) is 0 Å². The maximum atomic E-state index is 10.2. The first-order chi connectivity index (χ1) is 3.29. The van der Waals surface area contributed by atoms with E-state index >= 15 is 0 Å². The smallest absolute Gasteiger partial charge is 0.251 e. The fourth-order valence-corrected chi connectivity index (χ4v) is 0.758. The molecule has 0 atom stereocenters. The molecule has 38 valence electrons. The lowest BCUT2D eigenvalue weighted by Crippen LogP contribution is -1.84. The van der Waals surface area contributed by atoms with Crippen LogP contribution < -0.4 is 10.5 Å². The quantitative estimate of drug-likeness (QED) is 0.502. The molecule has 0 aromatic carbocycles. The highest BCUT2D eigenvalue weighted by Crippen LogP contribution is 1.89. The van der Waals surface area contributed by atoms with E-state index in [0.29, 0.717) is 5.82 Å². The van der Waals surface area contributed by atoms with E-state index in [1.54, 1.807) is 0 Å². The molecule has 0 saturated carbocycles. The standard InChI is InChI=1S/C3H4N2OS/c4-2-1-3(6)7-5-2/h1,5H,4H2. The molecule has 0 aliphatic heterocycles. The number of aromatic nitrogens is 1. The van der Waals surface area contributed by atoms with Gasteiger partial charge in [0.05, 0.1) is 0 Å². The lowest BCUT2D eigenvalue weighted by atomic mass is 10.7. The Morgan fingerprint density at radius 3 is 2.71 bits per heavy atom. The van der Waals surface area contributed by atoms with Crippen LogP contribution in [0.5, 0.6) is 0 Å². The summed E-state index contributed by atoms with van der Waals surface area (Å²) in [5.41, 5.74) is 5.13. The van der Waals surface area contributed by atoms with Crippen molar-refractivity contribution < 1.29 is 0 Å². The second-order valence-corrected chi connectivity index (χ2v) is 1.93. The van der Waals surface area contributed by atoms with Crippen LogP contribution in [-0.2, 0) is 0 Å². The molecule has 3 N–H and O–H groups in total. The van der Waals surface area contributed by atoms with Gasteiger partial charge in [-0.3, -0.25) is 9.17 Å². The van der Waals surface area contributed by atoms with Crippen molar-refractivity contribution in [2.75, 3.05) is 5.73 Å². The highest BCUT2D eigenvalue weighted by Gasteiger charge is 1.84. The molecule has 0 aliphatic carbocycles. The lowest BCUT2D eigenvalue weighted by molar-refractivity contribution is 1.56. The number of H-pyrrole nitrogens is 1. The molecule has 0 spiro atoms. The second-order valence-electron chi connectivity index (χ2n) is 1.12. The van der Waals surface area contributed by atoms with Crippen molar-refractivity contribution in [1.29, 1.82) is 0 Å². The first-order valence-corrected chi connectivity index (χ1v) is 2.54. The van der Waals surface area contributed by atoms with Crippen molar-refractivity contribution in [2.24, 2.45) is 0 Å². The molecule has 0 bridgehead atoms. The number of hydrogen-bond donors (Lipinski definition) is 2. The molecular formula is C3H4N2OS. The molecule has 1 heterocycles. The van der Waals surface area contributed by atoms with E-state index in [9.17, 15) is 4.79 Å². The molecular weight excluding hydrogens is 112 g/mol. The van der Waals surface area contributed by atoms with Crippen LogP contribution in [0.2, 0.25) is 0 Å². The van der Waals surface area contributed by atoms with Crippen molar-refractivity contribution in [2.45, 2.75) is 0 Å². The Labute approximate surface area is 43.9 Å². The topological polar surface area (TPSA) is 58.9 Å². The predicted octanol–water partition coefficient (Wildman–Crippen LogP) is 0.0186. The van der Waals surface area contributed by atoms with Crippen LogP contribution in [0.3, 0.4) is 0 Å². The van der Waals surface area contributed by atoms with Crippen molar-refractivity contribution >= 4 is 17.4 Å². The molecule has 0 radical (unpaired) electrons. The summed E-state index contributed by atoms with van der Waals surface area (Å²) in [5.74, 6) is 0.440. The third kappa shape index (κ3) is 0.806. The Hall–Kier alpha value is -0.770. The number of nitrogen functional groups attached to an aromatic ring is 1. The molecule has 3 nitrogen and oxygen atoms in total. The summed E-state index contributed by atoms with van der Waals surface area (Å²) in [7, 11) is 0. The molecule has 1 aromatic heterocycles. The van der Waals surface area contributed by atoms with Crippen molar-refractivity contribution in [1.82, 2.24) is 4.37 Å². The van der Waals surface area contributed by atoms with E-state index in [2.05, 4.69) is 4.37 Å². The van der Waals surface area contributed by atoms with Crippen molar-refractivity contribution in [3.05, 3.63) is 15.6 Å². The minimum atomic E-state index is -0.0301. The van der Waals surface area contributed by atoms with Gasteiger partial charge in [-0.2, -0.15) is 0 Å². The third-order valence-electron chi connectivity index (χ3n) is 0.543. The normalized spacial score (nSPS) is 9.14. The van der Waals surface area contributed by atoms with Crippen molar-refractivity contribution in [3.8, 4) is 0 Å². The summed E-state index contributed by atoms with van der Waals surface area (Å²) in [6.45, 7) is 0. The predicted molar refractivity (Wildman–Crippen MR) is 29.4 cm³/mol. The Morgan fingerprint density at radius 2 is 2.57 bits per heavy atom. The summed E-state index contributed by atoms with van der Waals surface area (Å²) in [4.78, 5) is 10.2. The summed E-state index contributed by atoms with van der Waals surface area (Å²) in [6, 6.07) is 1.35. The van der Waals surface area contributed by atoms with Crippen molar-refractivity contribution in [3.63, 3.8) is 0 Å². The Kier molecular flexibility index (Phi) is 0.867.